The number of hydrogen-bond donors (Lipinski definition) is 2. The maximum Gasteiger partial charge on any atom is 0.303 e. The average Bonchev–Trinajstić information content (AvgIpc) is 2.34. The summed E-state index contributed by atoms with van der Waals surface area (Å²) >= 11 is 0. The zero-order chi connectivity index (χ0) is 14.3. The number of carbonyl (C=O) groups is 1. The predicted molar refractivity (Wildman–Crippen MR) is 79.0 cm³/mol. The first-order valence-electron chi connectivity index (χ1n) is 6.64. The fourth-order valence-corrected chi connectivity index (χ4v) is 1.32. The van der Waals surface area contributed by atoms with Gasteiger partial charge in [0.2, 0.25) is 0 Å². The normalized spacial score (nSPS) is 14.2. The zero-order valence-corrected chi connectivity index (χ0v) is 11.5. The molecule has 0 radical (unpaired) electrons. The molecule has 0 unspecified atom stereocenters. The Morgan fingerprint density at radius 1 is 0.947 bits per heavy atom. The van der Waals surface area contributed by atoms with Crippen LogP contribution in [0.4, 0.5) is 0 Å². The van der Waals surface area contributed by atoms with Crippen molar-refractivity contribution in [1.82, 2.24) is 0 Å². The molecule has 0 aliphatic heterocycles. The summed E-state index contributed by atoms with van der Waals surface area (Å²) in [7, 11) is 0. The van der Waals surface area contributed by atoms with Gasteiger partial charge in [-0.25, -0.2) is 0 Å². The Morgan fingerprint density at radius 3 is 1.89 bits per heavy atom. The molecule has 0 heterocycles. The van der Waals surface area contributed by atoms with Crippen molar-refractivity contribution in [2.24, 2.45) is 0 Å². The van der Waals surface area contributed by atoms with Crippen molar-refractivity contribution in [2.75, 3.05) is 0 Å². The summed E-state index contributed by atoms with van der Waals surface area (Å²) in [4.78, 5) is 10.2. The van der Waals surface area contributed by atoms with Gasteiger partial charge in [0, 0.05) is 6.42 Å². The molecule has 0 aliphatic carbocycles. The summed E-state index contributed by atoms with van der Waals surface area (Å²) in [6.07, 6.45) is 18.9. The molecule has 0 aromatic rings. The van der Waals surface area contributed by atoms with Crippen molar-refractivity contribution in [3.05, 3.63) is 48.6 Å². The van der Waals surface area contributed by atoms with Gasteiger partial charge in [0.25, 0.3) is 0 Å². The molecule has 3 nitrogen and oxygen atoms in total. The van der Waals surface area contributed by atoms with Gasteiger partial charge in [0.05, 0.1) is 6.10 Å². The second kappa shape index (κ2) is 12.8. The molecule has 3 heteroatoms. The van der Waals surface area contributed by atoms with Crippen molar-refractivity contribution in [3.8, 4) is 0 Å². The molecule has 0 rings (SSSR count). The molecule has 0 aromatic carbocycles. The number of allylic oxidation sites excluding steroid dienone is 7. The highest BCUT2D eigenvalue weighted by Gasteiger charge is 1.90. The molecule has 106 valence electrons. The quantitative estimate of drug-likeness (QED) is 0.592. The van der Waals surface area contributed by atoms with Crippen LogP contribution in [0.1, 0.15) is 39.0 Å². The molecule has 0 aliphatic rings. The third kappa shape index (κ3) is 16.4. The second-order valence-corrected chi connectivity index (χ2v) is 4.22. The molecular formula is C16H24O3. The Hall–Kier alpha value is -1.61. The van der Waals surface area contributed by atoms with Gasteiger partial charge in [0.15, 0.2) is 0 Å². The van der Waals surface area contributed by atoms with Gasteiger partial charge in [0.1, 0.15) is 0 Å². The average molecular weight is 264 g/mol. The van der Waals surface area contributed by atoms with E-state index >= 15 is 0 Å². The van der Waals surface area contributed by atoms with Crippen molar-refractivity contribution in [2.45, 2.75) is 45.1 Å². The Morgan fingerprint density at radius 2 is 1.42 bits per heavy atom. The molecule has 19 heavy (non-hydrogen) atoms. The van der Waals surface area contributed by atoms with Gasteiger partial charge in [-0.05, 0) is 32.6 Å². The molecule has 0 bridgehead atoms. The van der Waals surface area contributed by atoms with E-state index in [-0.39, 0.29) is 12.5 Å². The van der Waals surface area contributed by atoms with Crippen molar-refractivity contribution >= 4 is 5.97 Å². The minimum absolute atomic E-state index is 0.197. The molecule has 1 atom stereocenters. The summed E-state index contributed by atoms with van der Waals surface area (Å²) in [5.74, 6) is -0.755. The lowest BCUT2D eigenvalue weighted by Crippen LogP contribution is -1.91. The van der Waals surface area contributed by atoms with Gasteiger partial charge in [-0.1, -0.05) is 48.6 Å². The molecular weight excluding hydrogens is 240 g/mol. The van der Waals surface area contributed by atoms with Crippen LogP contribution < -0.4 is 0 Å². The summed E-state index contributed by atoms with van der Waals surface area (Å²) in [5.41, 5.74) is 0. The van der Waals surface area contributed by atoms with Gasteiger partial charge < -0.3 is 10.2 Å². The standard InChI is InChI=1S/C16H24O3/c1-15(17)13-11-9-7-5-3-2-4-6-8-10-12-14-16(18)19/h2,4-5,7-8,10-11,13,15,17H,3,6,9,12,14H2,1H3,(H,18,19)/b4-2-,7-5-,10-8-,13-11-/t15-/m0/s1. The maximum atomic E-state index is 10.2. The third-order valence-corrected chi connectivity index (χ3v) is 2.26. The predicted octanol–water partition coefficient (Wildman–Crippen LogP) is 3.63. The SMILES string of the molecule is C[C@H](O)/C=C\C/C=C\C/C=C\C/C=C\CCC(=O)O. The lowest BCUT2D eigenvalue weighted by Gasteiger charge is -1.90. The minimum Gasteiger partial charge on any atom is -0.481 e. The first kappa shape index (κ1) is 17.4. The fourth-order valence-electron chi connectivity index (χ4n) is 1.32. The largest absolute Gasteiger partial charge is 0.481 e. The van der Waals surface area contributed by atoms with Crippen molar-refractivity contribution in [3.63, 3.8) is 0 Å². The lowest BCUT2D eigenvalue weighted by molar-refractivity contribution is -0.136. The molecule has 0 spiro atoms. The van der Waals surface area contributed by atoms with Crippen LogP contribution in [-0.2, 0) is 4.79 Å². The lowest BCUT2D eigenvalue weighted by atomic mass is 10.2. The molecule has 2 N–H and O–H groups in total. The third-order valence-electron chi connectivity index (χ3n) is 2.26. The molecule has 0 saturated carbocycles. The number of hydrogen-bond acceptors (Lipinski definition) is 2. The topological polar surface area (TPSA) is 57.5 Å². The highest BCUT2D eigenvalue weighted by atomic mass is 16.4. The Bertz CT molecular complexity index is 336. The van der Waals surface area contributed by atoms with Gasteiger partial charge in [-0.2, -0.15) is 0 Å². The number of rotatable bonds is 10. The Kier molecular flexibility index (Phi) is 11.7. The molecule has 0 amide bonds. The van der Waals surface area contributed by atoms with E-state index in [1.165, 1.54) is 0 Å². The van der Waals surface area contributed by atoms with Crippen LogP contribution in [0.2, 0.25) is 0 Å². The van der Waals surface area contributed by atoms with E-state index in [4.69, 9.17) is 10.2 Å². The van der Waals surface area contributed by atoms with Crippen LogP contribution in [0.15, 0.2) is 48.6 Å². The maximum absolute atomic E-state index is 10.2. The summed E-state index contributed by atoms with van der Waals surface area (Å²) in [6, 6.07) is 0. The monoisotopic (exact) mass is 264 g/mol. The van der Waals surface area contributed by atoms with Gasteiger partial charge >= 0.3 is 5.97 Å². The van der Waals surface area contributed by atoms with E-state index in [2.05, 4.69) is 24.3 Å². The number of carboxylic acids is 1. The van der Waals surface area contributed by atoms with Crippen molar-refractivity contribution < 1.29 is 15.0 Å². The van der Waals surface area contributed by atoms with Crippen molar-refractivity contribution in [1.29, 1.82) is 0 Å². The van der Waals surface area contributed by atoms with E-state index in [0.717, 1.165) is 19.3 Å². The minimum atomic E-state index is -0.755. The first-order valence-corrected chi connectivity index (χ1v) is 6.64. The van der Waals surface area contributed by atoms with E-state index in [0.29, 0.717) is 6.42 Å². The van der Waals surface area contributed by atoms with Crippen LogP contribution in [0, 0.1) is 0 Å². The van der Waals surface area contributed by atoms with Gasteiger partial charge in [-0.15, -0.1) is 0 Å². The highest BCUT2D eigenvalue weighted by Crippen LogP contribution is 1.96. The first-order chi connectivity index (χ1) is 9.13. The fraction of sp³-hybridized carbons (Fsp3) is 0.438. The van der Waals surface area contributed by atoms with Crippen LogP contribution in [0.5, 0.6) is 0 Å². The van der Waals surface area contributed by atoms with E-state index in [1.807, 2.05) is 18.2 Å². The van der Waals surface area contributed by atoms with E-state index in [9.17, 15) is 4.79 Å². The number of carboxylic acid groups (broad SMARTS) is 1. The number of aliphatic hydroxyl groups is 1. The molecule has 0 saturated heterocycles. The highest BCUT2D eigenvalue weighted by molar-refractivity contribution is 5.66. The summed E-state index contributed by atoms with van der Waals surface area (Å²) < 4.78 is 0. The van der Waals surface area contributed by atoms with Crippen LogP contribution in [-0.4, -0.2) is 22.3 Å². The van der Waals surface area contributed by atoms with E-state index < -0.39 is 5.97 Å². The zero-order valence-electron chi connectivity index (χ0n) is 11.5. The van der Waals surface area contributed by atoms with Crippen LogP contribution in [0.25, 0.3) is 0 Å². The van der Waals surface area contributed by atoms with Gasteiger partial charge in [-0.3, -0.25) is 4.79 Å². The summed E-state index contributed by atoms with van der Waals surface area (Å²) in [6.45, 7) is 1.73. The second-order valence-electron chi connectivity index (χ2n) is 4.22. The Labute approximate surface area is 115 Å². The number of aliphatic carboxylic acids is 1. The Balaban J connectivity index is 3.48. The molecule has 0 fully saturated rings. The van der Waals surface area contributed by atoms with Crippen LogP contribution >= 0.6 is 0 Å². The van der Waals surface area contributed by atoms with Crippen LogP contribution in [0.3, 0.4) is 0 Å². The smallest absolute Gasteiger partial charge is 0.303 e. The molecule has 0 aromatic heterocycles. The van der Waals surface area contributed by atoms with E-state index in [1.54, 1.807) is 13.0 Å². The number of aliphatic hydroxyl groups excluding tert-OH is 1. The summed E-state index contributed by atoms with van der Waals surface area (Å²) in [5, 5.41) is 17.4.